The van der Waals surface area contributed by atoms with Crippen molar-refractivity contribution in [2.24, 2.45) is 0 Å². The second-order valence-electron chi connectivity index (χ2n) is 6.63. The fourth-order valence-electron chi connectivity index (χ4n) is 3.20. The molecule has 0 radical (unpaired) electrons. The van der Waals surface area contributed by atoms with Crippen LogP contribution in [-0.4, -0.2) is 40.3 Å². The molecule has 30 heavy (non-hydrogen) atoms. The highest BCUT2D eigenvalue weighted by Crippen LogP contribution is 2.39. The summed E-state index contributed by atoms with van der Waals surface area (Å²) in [4.78, 5) is 13.2. The third kappa shape index (κ3) is 3.90. The smallest absolute Gasteiger partial charge is 0.240 e. The molecule has 0 fully saturated rings. The largest absolute Gasteiger partial charge is 0.497 e. The third-order valence-electron chi connectivity index (χ3n) is 4.73. The molecule has 0 spiro atoms. The predicted molar refractivity (Wildman–Crippen MR) is 116 cm³/mol. The lowest BCUT2D eigenvalue weighted by atomic mass is 10.0. The number of fused-ring (bicyclic) bond motifs is 1. The van der Waals surface area contributed by atoms with Gasteiger partial charge in [-0.3, -0.25) is 4.79 Å². The van der Waals surface area contributed by atoms with E-state index in [0.29, 0.717) is 33.2 Å². The number of rotatable bonds is 5. The molecule has 2 aromatic carbocycles. The summed E-state index contributed by atoms with van der Waals surface area (Å²) in [5.41, 5.74) is 4.84. The summed E-state index contributed by atoms with van der Waals surface area (Å²) in [5, 5.41) is 11.8. The summed E-state index contributed by atoms with van der Waals surface area (Å²) < 4.78 is 12.3. The van der Waals surface area contributed by atoms with Crippen LogP contribution in [0.2, 0.25) is 5.02 Å². The van der Waals surface area contributed by atoms with Crippen LogP contribution in [-0.2, 0) is 4.79 Å². The van der Waals surface area contributed by atoms with Crippen molar-refractivity contribution in [3.63, 3.8) is 0 Å². The van der Waals surface area contributed by atoms with Crippen LogP contribution < -0.4 is 20.2 Å². The van der Waals surface area contributed by atoms with Crippen LogP contribution in [0.1, 0.15) is 17.4 Å². The second kappa shape index (κ2) is 8.45. The highest BCUT2D eigenvalue weighted by molar-refractivity contribution is 8.00. The van der Waals surface area contributed by atoms with Gasteiger partial charge in [0.2, 0.25) is 11.1 Å². The number of anilines is 1. The van der Waals surface area contributed by atoms with E-state index in [1.54, 1.807) is 37.1 Å². The number of thioether (sulfide) groups is 1. The maximum Gasteiger partial charge on any atom is 0.240 e. The van der Waals surface area contributed by atoms with Gasteiger partial charge in [0.1, 0.15) is 22.6 Å². The number of aromatic nitrogens is 3. The third-order valence-corrected chi connectivity index (χ3v) is 6.24. The number of nitrogens with zero attached hydrogens (tertiary/aromatic N) is 3. The number of ether oxygens (including phenoxy) is 2. The Balaban J connectivity index is 1.67. The monoisotopic (exact) mass is 445 g/mol. The maximum atomic E-state index is 13.2. The number of hydrogen-bond acceptors (Lipinski definition) is 7. The van der Waals surface area contributed by atoms with Crippen molar-refractivity contribution in [1.29, 1.82) is 0 Å². The lowest BCUT2D eigenvalue weighted by Gasteiger charge is -2.33. The molecule has 1 amide bonds. The van der Waals surface area contributed by atoms with Crippen molar-refractivity contribution in [3.8, 4) is 11.5 Å². The molecule has 10 heteroatoms. The van der Waals surface area contributed by atoms with Crippen LogP contribution in [0.5, 0.6) is 11.5 Å². The summed E-state index contributed by atoms with van der Waals surface area (Å²) in [6.45, 7) is 1.85. The van der Waals surface area contributed by atoms with Crippen LogP contribution in [0.25, 0.3) is 0 Å². The average molecular weight is 446 g/mol. The molecule has 3 aromatic rings. The van der Waals surface area contributed by atoms with Crippen molar-refractivity contribution >= 4 is 35.0 Å². The highest BCUT2D eigenvalue weighted by atomic mass is 35.5. The molecule has 1 aliphatic heterocycles. The Kier molecular flexibility index (Phi) is 5.74. The molecule has 0 unspecified atom stereocenters. The lowest BCUT2D eigenvalue weighted by molar-refractivity contribution is -0.116. The summed E-state index contributed by atoms with van der Waals surface area (Å²) in [6, 6.07) is 12.3. The van der Waals surface area contributed by atoms with Gasteiger partial charge in [0.05, 0.1) is 25.3 Å². The molecule has 0 saturated heterocycles. The molecule has 0 aliphatic carbocycles. The number of benzene rings is 2. The minimum atomic E-state index is -0.517. The predicted octanol–water partition coefficient (Wildman–Crippen LogP) is 3.65. The molecule has 1 aliphatic rings. The first-order valence-electron chi connectivity index (χ1n) is 9.13. The van der Waals surface area contributed by atoms with Gasteiger partial charge in [0.15, 0.2) is 0 Å². The molecule has 0 saturated carbocycles. The number of amides is 1. The first kappa shape index (κ1) is 20.4. The van der Waals surface area contributed by atoms with E-state index in [2.05, 4.69) is 20.9 Å². The summed E-state index contributed by atoms with van der Waals surface area (Å²) in [7, 11) is 3.15. The molecule has 2 atom stereocenters. The first-order valence-corrected chi connectivity index (χ1v) is 10.4. The molecular weight excluding hydrogens is 426 g/mol. The Labute approximate surface area is 182 Å². The number of methoxy groups -OCH3 is 2. The molecule has 0 bridgehead atoms. The fraction of sp³-hybridized carbons (Fsp3) is 0.250. The molecule has 2 heterocycles. The Morgan fingerprint density at radius 2 is 2.03 bits per heavy atom. The summed E-state index contributed by atoms with van der Waals surface area (Å²) in [5.74, 6) is 1.76. The number of carbonyl (C=O) groups is 1. The van der Waals surface area contributed by atoms with Gasteiger partial charge in [-0.05, 0) is 36.8 Å². The number of carbonyl (C=O) groups excluding carboxylic acids is 1. The van der Waals surface area contributed by atoms with Crippen LogP contribution in [0.15, 0.2) is 47.6 Å². The van der Waals surface area contributed by atoms with Crippen molar-refractivity contribution in [2.45, 2.75) is 23.4 Å². The number of hydrogen-bond donors (Lipinski definition) is 2. The van der Waals surface area contributed by atoms with E-state index in [0.717, 1.165) is 5.56 Å². The molecule has 1 aromatic heterocycles. The number of aryl methyl sites for hydroxylation is 1. The quantitative estimate of drug-likeness (QED) is 0.619. The fourth-order valence-corrected chi connectivity index (χ4v) is 4.59. The zero-order chi connectivity index (χ0) is 21.3. The van der Waals surface area contributed by atoms with E-state index >= 15 is 0 Å². The van der Waals surface area contributed by atoms with Crippen molar-refractivity contribution in [1.82, 2.24) is 14.9 Å². The number of halogens is 1. The zero-order valence-electron chi connectivity index (χ0n) is 16.5. The van der Waals surface area contributed by atoms with E-state index in [1.807, 2.05) is 31.2 Å². The first-order chi connectivity index (χ1) is 14.5. The summed E-state index contributed by atoms with van der Waals surface area (Å²) >= 11 is 7.69. The standard InChI is InChI=1S/C20H20ClN5O3S/c1-11-23-24-20-26(11)25-17(12-7-8-16(29-3)15(21)9-12)18(30-20)19(27)22-13-5-4-6-14(10-13)28-2/h4-10,17-18,25H,1-3H3,(H,22,27)/t17-,18-/m0/s1. The van der Waals surface area contributed by atoms with Gasteiger partial charge < -0.3 is 20.2 Å². The van der Waals surface area contributed by atoms with E-state index in [-0.39, 0.29) is 11.9 Å². The zero-order valence-corrected chi connectivity index (χ0v) is 18.1. The van der Waals surface area contributed by atoms with Gasteiger partial charge in [-0.2, -0.15) is 0 Å². The van der Waals surface area contributed by atoms with Crippen molar-refractivity contribution < 1.29 is 14.3 Å². The SMILES string of the molecule is COc1cccc(NC(=O)[C@H]2Sc3nnc(C)n3N[C@H]2c2ccc(OC)c(Cl)c2)c1. The van der Waals surface area contributed by atoms with Crippen LogP contribution >= 0.6 is 23.4 Å². The van der Waals surface area contributed by atoms with E-state index in [9.17, 15) is 4.79 Å². The second-order valence-corrected chi connectivity index (χ2v) is 8.14. The van der Waals surface area contributed by atoms with Gasteiger partial charge in [0.25, 0.3) is 0 Å². The lowest BCUT2D eigenvalue weighted by Crippen LogP contribution is -2.41. The highest BCUT2D eigenvalue weighted by Gasteiger charge is 2.37. The molecule has 8 nitrogen and oxygen atoms in total. The Bertz CT molecular complexity index is 1090. The Morgan fingerprint density at radius 3 is 2.77 bits per heavy atom. The number of nitrogens with one attached hydrogen (secondary N) is 2. The van der Waals surface area contributed by atoms with E-state index in [4.69, 9.17) is 21.1 Å². The Hall–Kier alpha value is -2.91. The van der Waals surface area contributed by atoms with Crippen molar-refractivity contribution in [3.05, 3.63) is 58.9 Å². The van der Waals surface area contributed by atoms with E-state index < -0.39 is 5.25 Å². The molecule has 156 valence electrons. The maximum absolute atomic E-state index is 13.2. The van der Waals surface area contributed by atoms with Gasteiger partial charge in [0, 0.05) is 11.8 Å². The molecule has 4 rings (SSSR count). The minimum absolute atomic E-state index is 0.176. The normalized spacial score (nSPS) is 17.6. The Morgan fingerprint density at radius 1 is 1.20 bits per heavy atom. The van der Waals surface area contributed by atoms with Gasteiger partial charge in [-0.15, -0.1) is 10.2 Å². The van der Waals surface area contributed by atoms with Crippen LogP contribution in [0.4, 0.5) is 5.69 Å². The van der Waals surface area contributed by atoms with Gasteiger partial charge in [-0.1, -0.05) is 35.5 Å². The molecule has 2 N–H and O–H groups in total. The van der Waals surface area contributed by atoms with E-state index in [1.165, 1.54) is 11.8 Å². The molecular formula is C20H20ClN5O3S. The summed E-state index contributed by atoms with van der Waals surface area (Å²) in [6.07, 6.45) is 0. The van der Waals surface area contributed by atoms with Crippen LogP contribution in [0, 0.1) is 6.92 Å². The minimum Gasteiger partial charge on any atom is -0.497 e. The van der Waals surface area contributed by atoms with Gasteiger partial charge >= 0.3 is 0 Å². The van der Waals surface area contributed by atoms with Crippen LogP contribution in [0.3, 0.4) is 0 Å². The van der Waals surface area contributed by atoms with Crippen molar-refractivity contribution in [2.75, 3.05) is 25.0 Å². The topological polar surface area (TPSA) is 90.3 Å². The van der Waals surface area contributed by atoms with Gasteiger partial charge in [-0.25, -0.2) is 4.68 Å². The average Bonchev–Trinajstić information content (AvgIpc) is 3.12.